The first-order valence-electron chi connectivity index (χ1n) is 16.3. The van der Waals surface area contributed by atoms with Crippen LogP contribution in [-0.2, 0) is 14.2 Å². The molecule has 276 valence electrons. The number of amides is 3. The van der Waals surface area contributed by atoms with Gasteiger partial charge in [0.25, 0.3) is 0 Å². The Morgan fingerprint density at radius 3 is 1.62 bits per heavy atom. The Balaban J connectivity index is 0.000000229. The second-order valence-electron chi connectivity index (χ2n) is 13.1. The van der Waals surface area contributed by atoms with Gasteiger partial charge in [-0.2, -0.15) is 0 Å². The second-order valence-corrected chi connectivity index (χ2v) is 13.1. The number of ether oxygens (including phenoxy) is 3. The minimum absolute atomic E-state index is 0. The van der Waals surface area contributed by atoms with E-state index in [0.717, 1.165) is 26.2 Å². The number of aliphatic hydroxyl groups excluding tert-OH is 2. The monoisotopic (exact) mass is 726 g/mol. The molecule has 0 spiro atoms. The standard InChI is InChI=1S/C19H26FN3O5.C14H18FN3O3.ClH/c1-19(2,3)28-17(25)22-8-6-21(7-9-22)16-5-4-13(10-15(16)20)23-11-14(12-24)27-18(23)26;15-12-7-10(18-8-11(9-19)21-14(18)20)1-2-13(12)17-5-3-16-4-6-17;/h4-5,10,14,24H,6-9,11-12H2,1-3H3;1-2,7,11,16,19H,3-6,8-9H2;1H. The Bertz CT molecular complexity index is 1500. The molecule has 6 rings (SSSR count). The van der Waals surface area contributed by atoms with Crippen molar-refractivity contribution in [3.05, 3.63) is 48.0 Å². The van der Waals surface area contributed by atoms with Crippen LogP contribution in [0.5, 0.6) is 0 Å². The average Bonchev–Trinajstić information content (AvgIpc) is 3.66. The minimum Gasteiger partial charge on any atom is -0.444 e. The van der Waals surface area contributed by atoms with Crippen LogP contribution >= 0.6 is 12.4 Å². The van der Waals surface area contributed by atoms with Crippen molar-refractivity contribution >= 4 is 53.4 Å². The van der Waals surface area contributed by atoms with Crippen molar-refractivity contribution in [2.24, 2.45) is 0 Å². The Labute approximate surface area is 295 Å². The molecule has 2 atom stereocenters. The number of nitrogens with zero attached hydrogens (tertiary/aromatic N) is 5. The highest BCUT2D eigenvalue weighted by molar-refractivity contribution is 5.90. The fourth-order valence-electron chi connectivity index (χ4n) is 5.86. The van der Waals surface area contributed by atoms with Crippen molar-refractivity contribution in [2.45, 2.75) is 38.6 Å². The van der Waals surface area contributed by atoms with Crippen LogP contribution in [0, 0.1) is 11.6 Å². The number of aliphatic hydroxyl groups is 2. The number of benzene rings is 2. The zero-order valence-corrected chi connectivity index (χ0v) is 29.2. The topological polar surface area (TPSA) is 148 Å². The molecule has 2 aromatic rings. The van der Waals surface area contributed by atoms with Crippen LogP contribution in [0.2, 0.25) is 0 Å². The molecule has 0 aromatic heterocycles. The summed E-state index contributed by atoms with van der Waals surface area (Å²) in [5, 5.41) is 21.4. The summed E-state index contributed by atoms with van der Waals surface area (Å²) in [6, 6.07) is 9.30. The Kier molecular flexibility index (Phi) is 12.9. The van der Waals surface area contributed by atoms with Crippen LogP contribution in [0.25, 0.3) is 0 Å². The number of halogens is 3. The Morgan fingerprint density at radius 1 is 0.800 bits per heavy atom. The highest BCUT2D eigenvalue weighted by Crippen LogP contribution is 2.30. The van der Waals surface area contributed by atoms with Crippen LogP contribution in [0.1, 0.15) is 20.8 Å². The van der Waals surface area contributed by atoms with Crippen LogP contribution in [0.3, 0.4) is 0 Å². The molecule has 3 amide bonds. The van der Waals surface area contributed by atoms with Crippen molar-refractivity contribution in [2.75, 3.05) is 98.3 Å². The molecule has 3 N–H and O–H groups in total. The maximum atomic E-state index is 14.7. The van der Waals surface area contributed by atoms with E-state index in [1.54, 1.807) is 29.2 Å². The van der Waals surface area contributed by atoms with E-state index in [1.165, 1.54) is 21.9 Å². The third-order valence-electron chi connectivity index (χ3n) is 8.37. The van der Waals surface area contributed by atoms with Crippen molar-refractivity contribution in [1.82, 2.24) is 10.2 Å². The molecule has 0 bridgehead atoms. The number of cyclic esters (lactones) is 2. The molecule has 17 heteroatoms. The van der Waals surface area contributed by atoms with E-state index in [4.69, 9.17) is 24.4 Å². The molecule has 4 fully saturated rings. The zero-order chi connectivity index (χ0) is 35.3. The summed E-state index contributed by atoms with van der Waals surface area (Å²) in [6.07, 6.45) is -2.67. The maximum absolute atomic E-state index is 14.7. The van der Waals surface area contributed by atoms with Crippen LogP contribution in [0.15, 0.2) is 36.4 Å². The van der Waals surface area contributed by atoms with Crippen molar-refractivity contribution in [3.8, 4) is 0 Å². The first-order valence-corrected chi connectivity index (χ1v) is 16.3. The lowest BCUT2D eigenvalue weighted by Gasteiger charge is -2.37. The highest BCUT2D eigenvalue weighted by Gasteiger charge is 2.34. The fourth-order valence-corrected chi connectivity index (χ4v) is 5.86. The maximum Gasteiger partial charge on any atom is 0.414 e. The summed E-state index contributed by atoms with van der Waals surface area (Å²) in [5.74, 6) is -0.807. The number of rotatable bonds is 6. The lowest BCUT2D eigenvalue weighted by atomic mass is 10.2. The summed E-state index contributed by atoms with van der Waals surface area (Å²) in [4.78, 5) is 43.8. The number of piperazine rings is 2. The summed E-state index contributed by atoms with van der Waals surface area (Å²) < 4.78 is 44.3. The van der Waals surface area contributed by atoms with Gasteiger partial charge < -0.3 is 44.4 Å². The van der Waals surface area contributed by atoms with Crippen molar-refractivity contribution in [3.63, 3.8) is 0 Å². The number of carbonyl (C=O) groups is 3. The molecule has 4 heterocycles. The summed E-state index contributed by atoms with van der Waals surface area (Å²) >= 11 is 0. The smallest absolute Gasteiger partial charge is 0.414 e. The molecule has 0 aliphatic carbocycles. The second kappa shape index (κ2) is 16.7. The predicted molar refractivity (Wildman–Crippen MR) is 185 cm³/mol. The van der Waals surface area contributed by atoms with Crippen molar-refractivity contribution in [1.29, 1.82) is 0 Å². The lowest BCUT2D eigenvalue weighted by molar-refractivity contribution is 0.0240. The van der Waals surface area contributed by atoms with Gasteiger partial charge in [0.2, 0.25) is 0 Å². The number of hydrogen-bond donors (Lipinski definition) is 3. The molecule has 2 unspecified atom stereocenters. The average molecular weight is 727 g/mol. The van der Waals surface area contributed by atoms with Gasteiger partial charge in [-0.1, -0.05) is 0 Å². The van der Waals surface area contributed by atoms with Crippen molar-refractivity contribution < 1.29 is 47.6 Å². The van der Waals surface area contributed by atoms with E-state index in [1.807, 2.05) is 30.6 Å². The molecular weight excluding hydrogens is 682 g/mol. The molecule has 4 aliphatic rings. The van der Waals surface area contributed by atoms with Gasteiger partial charge in [0.05, 0.1) is 49.1 Å². The molecule has 14 nitrogen and oxygen atoms in total. The van der Waals surface area contributed by atoms with Gasteiger partial charge in [0.1, 0.15) is 29.4 Å². The molecule has 4 aliphatic heterocycles. The summed E-state index contributed by atoms with van der Waals surface area (Å²) in [7, 11) is 0. The Morgan fingerprint density at radius 2 is 1.24 bits per heavy atom. The van der Waals surface area contributed by atoms with E-state index in [2.05, 4.69) is 5.32 Å². The molecule has 4 saturated heterocycles. The molecule has 0 saturated carbocycles. The third kappa shape index (κ3) is 9.35. The van der Waals surface area contributed by atoms with Gasteiger partial charge in [-0.05, 0) is 57.2 Å². The number of nitrogens with one attached hydrogen (secondary N) is 1. The van der Waals surface area contributed by atoms with E-state index >= 15 is 0 Å². The zero-order valence-electron chi connectivity index (χ0n) is 28.3. The molecular formula is C33H45ClF2N6O8. The van der Waals surface area contributed by atoms with Gasteiger partial charge in [0.15, 0.2) is 0 Å². The van der Waals surface area contributed by atoms with Crippen LogP contribution in [0.4, 0.5) is 45.9 Å². The van der Waals surface area contributed by atoms with Gasteiger partial charge >= 0.3 is 18.3 Å². The van der Waals surface area contributed by atoms with Gasteiger partial charge in [-0.3, -0.25) is 9.80 Å². The quantitative estimate of drug-likeness (QED) is 0.377. The number of anilines is 4. The van der Waals surface area contributed by atoms with Gasteiger partial charge in [-0.15, -0.1) is 12.4 Å². The van der Waals surface area contributed by atoms with Gasteiger partial charge in [-0.25, -0.2) is 23.2 Å². The van der Waals surface area contributed by atoms with Crippen LogP contribution < -0.4 is 24.9 Å². The predicted octanol–water partition coefficient (Wildman–Crippen LogP) is 3.17. The molecule has 2 aromatic carbocycles. The third-order valence-corrected chi connectivity index (χ3v) is 8.37. The first-order chi connectivity index (χ1) is 23.4. The fraction of sp³-hybridized carbons (Fsp3) is 0.545. The molecule has 50 heavy (non-hydrogen) atoms. The summed E-state index contributed by atoms with van der Waals surface area (Å²) in [5.41, 5.74) is 1.24. The first kappa shape index (κ1) is 38.7. The van der Waals surface area contributed by atoms with E-state index in [0.29, 0.717) is 48.9 Å². The Hall–Kier alpha value is -4.12. The minimum atomic E-state index is -0.601. The largest absolute Gasteiger partial charge is 0.444 e. The number of carbonyl (C=O) groups excluding carboxylic acids is 3. The highest BCUT2D eigenvalue weighted by atomic mass is 35.5. The molecule has 0 radical (unpaired) electrons. The SMILES string of the molecule is CC(C)(C)OC(=O)N1CCN(c2ccc(N3CC(CO)OC3=O)cc2F)CC1.Cl.O=C1OC(CO)CN1c1ccc(N2CCNCC2)c(F)c1. The van der Waals surface area contributed by atoms with Crippen LogP contribution in [-0.4, -0.2) is 130 Å². The van der Waals surface area contributed by atoms with E-state index in [-0.39, 0.29) is 50.6 Å². The lowest BCUT2D eigenvalue weighted by Crippen LogP contribution is -2.50. The normalized spacial score (nSPS) is 20.9. The van der Waals surface area contributed by atoms with E-state index < -0.39 is 35.8 Å². The van der Waals surface area contributed by atoms with Gasteiger partial charge in [0, 0.05) is 52.4 Å². The number of hydrogen-bond acceptors (Lipinski definition) is 11. The van der Waals surface area contributed by atoms with E-state index in [9.17, 15) is 23.2 Å². The summed E-state index contributed by atoms with van der Waals surface area (Å²) in [6.45, 7) is 10.4.